The first-order chi connectivity index (χ1) is 4.61. The minimum absolute atomic E-state index is 0.219. The van der Waals surface area contributed by atoms with Crippen LogP contribution in [0.1, 0.15) is 27.2 Å². The number of rotatable bonds is 0. The molecule has 1 amide bonds. The molecule has 2 heteroatoms. The molecule has 0 radical (unpaired) electrons. The van der Waals surface area contributed by atoms with Crippen LogP contribution < -0.4 is 0 Å². The maximum Gasteiger partial charge on any atom is 0.219 e. The average molecular weight is 141 g/mol. The van der Waals surface area contributed by atoms with E-state index in [2.05, 4.69) is 13.8 Å². The van der Waals surface area contributed by atoms with Gasteiger partial charge >= 0.3 is 0 Å². The third-order valence-corrected chi connectivity index (χ3v) is 2.19. The number of likely N-dealkylation sites (tertiary alicyclic amines) is 1. The van der Waals surface area contributed by atoms with Gasteiger partial charge in [-0.3, -0.25) is 4.79 Å². The Kier molecular flexibility index (Phi) is 1.97. The highest BCUT2D eigenvalue weighted by molar-refractivity contribution is 5.73. The maximum absolute atomic E-state index is 10.9. The van der Waals surface area contributed by atoms with Gasteiger partial charge in [-0.05, 0) is 19.3 Å². The zero-order valence-corrected chi connectivity index (χ0v) is 6.92. The Balaban J connectivity index is 2.54. The highest BCUT2D eigenvalue weighted by Gasteiger charge is 2.27. The molecule has 0 spiro atoms. The molecule has 10 heavy (non-hydrogen) atoms. The predicted molar refractivity (Wildman–Crippen MR) is 40.6 cm³/mol. The van der Waals surface area contributed by atoms with E-state index < -0.39 is 0 Å². The fourth-order valence-electron chi connectivity index (χ4n) is 1.74. The van der Waals surface area contributed by atoms with Crippen molar-refractivity contribution in [1.29, 1.82) is 0 Å². The lowest BCUT2D eigenvalue weighted by Crippen LogP contribution is -2.31. The number of nitrogens with zero attached hydrogens (tertiary/aromatic N) is 1. The van der Waals surface area contributed by atoms with Gasteiger partial charge in [-0.1, -0.05) is 6.92 Å². The summed E-state index contributed by atoms with van der Waals surface area (Å²) in [5, 5.41) is 0. The van der Waals surface area contributed by atoms with Crippen LogP contribution in [0, 0.1) is 5.92 Å². The van der Waals surface area contributed by atoms with Crippen LogP contribution >= 0.6 is 0 Å². The van der Waals surface area contributed by atoms with Crippen molar-refractivity contribution in [2.75, 3.05) is 6.54 Å². The van der Waals surface area contributed by atoms with Crippen molar-refractivity contribution in [3.8, 4) is 0 Å². The standard InChI is InChI=1S/C8H15NO/c1-6-4-7(2)9(5-6)8(3)10/h6-7H,4-5H2,1-3H3/t6-,7?/m0/s1. The van der Waals surface area contributed by atoms with Crippen LogP contribution in [0.3, 0.4) is 0 Å². The lowest BCUT2D eigenvalue weighted by atomic mass is 10.1. The van der Waals surface area contributed by atoms with Crippen LogP contribution in [0.25, 0.3) is 0 Å². The number of carbonyl (C=O) groups is 1. The summed E-state index contributed by atoms with van der Waals surface area (Å²) in [6.07, 6.45) is 1.17. The number of hydrogen-bond donors (Lipinski definition) is 0. The normalized spacial score (nSPS) is 32.9. The molecule has 0 bridgehead atoms. The molecule has 58 valence electrons. The Morgan fingerprint density at radius 3 is 2.30 bits per heavy atom. The SMILES string of the molecule is CC(=O)N1C[C@@H](C)CC1C. The third-order valence-electron chi connectivity index (χ3n) is 2.19. The van der Waals surface area contributed by atoms with Crippen molar-refractivity contribution in [3.63, 3.8) is 0 Å². The second kappa shape index (κ2) is 2.60. The molecular weight excluding hydrogens is 126 g/mol. The Morgan fingerprint density at radius 2 is 2.10 bits per heavy atom. The average Bonchev–Trinajstić information content (AvgIpc) is 2.10. The Morgan fingerprint density at radius 1 is 1.50 bits per heavy atom. The van der Waals surface area contributed by atoms with Gasteiger partial charge in [0.2, 0.25) is 5.91 Å². The minimum atomic E-state index is 0.219. The summed E-state index contributed by atoms with van der Waals surface area (Å²) in [5.41, 5.74) is 0. The van der Waals surface area contributed by atoms with Crippen LogP contribution in [-0.4, -0.2) is 23.4 Å². The van der Waals surface area contributed by atoms with Gasteiger partial charge in [0.25, 0.3) is 0 Å². The van der Waals surface area contributed by atoms with Gasteiger partial charge in [0.1, 0.15) is 0 Å². The Bertz CT molecular complexity index is 144. The second-order valence-corrected chi connectivity index (χ2v) is 3.36. The molecule has 0 N–H and O–H groups in total. The first-order valence-electron chi connectivity index (χ1n) is 3.88. The lowest BCUT2D eigenvalue weighted by molar-refractivity contribution is -0.129. The van der Waals surface area contributed by atoms with E-state index in [0.29, 0.717) is 12.0 Å². The summed E-state index contributed by atoms with van der Waals surface area (Å²) >= 11 is 0. The van der Waals surface area contributed by atoms with E-state index in [-0.39, 0.29) is 5.91 Å². The zero-order chi connectivity index (χ0) is 7.72. The van der Waals surface area contributed by atoms with Crippen LogP contribution in [0.2, 0.25) is 0 Å². The van der Waals surface area contributed by atoms with Crippen molar-refractivity contribution >= 4 is 5.91 Å². The largest absolute Gasteiger partial charge is 0.340 e. The molecule has 0 saturated carbocycles. The monoisotopic (exact) mass is 141 g/mol. The van der Waals surface area contributed by atoms with Crippen molar-refractivity contribution < 1.29 is 4.79 Å². The molecule has 1 fully saturated rings. The lowest BCUT2D eigenvalue weighted by Gasteiger charge is -2.18. The van der Waals surface area contributed by atoms with E-state index in [1.54, 1.807) is 6.92 Å². The molecule has 2 atom stereocenters. The molecule has 0 aliphatic carbocycles. The van der Waals surface area contributed by atoms with Crippen LogP contribution in [0.15, 0.2) is 0 Å². The van der Waals surface area contributed by atoms with Crippen molar-refractivity contribution in [1.82, 2.24) is 4.90 Å². The van der Waals surface area contributed by atoms with Crippen molar-refractivity contribution in [2.24, 2.45) is 5.92 Å². The van der Waals surface area contributed by atoms with Crippen molar-refractivity contribution in [2.45, 2.75) is 33.2 Å². The van der Waals surface area contributed by atoms with Crippen LogP contribution in [0.5, 0.6) is 0 Å². The van der Waals surface area contributed by atoms with E-state index in [1.807, 2.05) is 4.90 Å². The first kappa shape index (κ1) is 7.58. The van der Waals surface area contributed by atoms with E-state index in [0.717, 1.165) is 6.54 Å². The van der Waals surface area contributed by atoms with Gasteiger partial charge in [0.15, 0.2) is 0 Å². The summed E-state index contributed by atoms with van der Waals surface area (Å²) in [5.74, 6) is 0.913. The zero-order valence-electron chi connectivity index (χ0n) is 6.92. The number of amides is 1. The fraction of sp³-hybridized carbons (Fsp3) is 0.875. The molecule has 0 aromatic carbocycles. The van der Waals surface area contributed by atoms with Crippen LogP contribution in [0.4, 0.5) is 0 Å². The topological polar surface area (TPSA) is 20.3 Å². The molecule has 0 aromatic heterocycles. The van der Waals surface area contributed by atoms with Gasteiger partial charge in [0, 0.05) is 19.5 Å². The summed E-state index contributed by atoms with van der Waals surface area (Å²) < 4.78 is 0. The van der Waals surface area contributed by atoms with Gasteiger partial charge in [0.05, 0.1) is 0 Å². The Labute approximate surface area is 62.2 Å². The van der Waals surface area contributed by atoms with E-state index >= 15 is 0 Å². The summed E-state index contributed by atoms with van der Waals surface area (Å²) in [4.78, 5) is 12.9. The van der Waals surface area contributed by atoms with E-state index in [4.69, 9.17) is 0 Å². The molecule has 2 nitrogen and oxygen atoms in total. The number of carbonyl (C=O) groups excluding carboxylic acids is 1. The van der Waals surface area contributed by atoms with Crippen LogP contribution in [-0.2, 0) is 4.79 Å². The van der Waals surface area contributed by atoms with Gasteiger partial charge in [-0.2, -0.15) is 0 Å². The summed E-state index contributed by atoms with van der Waals surface area (Å²) in [6.45, 7) is 6.91. The highest BCUT2D eigenvalue weighted by atomic mass is 16.2. The Hall–Kier alpha value is -0.530. The third kappa shape index (κ3) is 1.31. The van der Waals surface area contributed by atoms with Crippen molar-refractivity contribution in [3.05, 3.63) is 0 Å². The summed E-state index contributed by atoms with van der Waals surface area (Å²) in [7, 11) is 0. The molecule has 1 rings (SSSR count). The molecule has 0 aromatic rings. The smallest absolute Gasteiger partial charge is 0.219 e. The fourth-order valence-corrected chi connectivity index (χ4v) is 1.74. The first-order valence-corrected chi connectivity index (χ1v) is 3.88. The van der Waals surface area contributed by atoms with E-state index in [9.17, 15) is 4.79 Å². The molecular formula is C8H15NO. The molecule has 1 heterocycles. The number of hydrogen-bond acceptors (Lipinski definition) is 1. The maximum atomic E-state index is 10.9. The quantitative estimate of drug-likeness (QED) is 0.497. The summed E-state index contributed by atoms with van der Waals surface area (Å²) in [6, 6.07) is 0.465. The van der Waals surface area contributed by atoms with E-state index in [1.165, 1.54) is 6.42 Å². The van der Waals surface area contributed by atoms with Gasteiger partial charge < -0.3 is 4.90 Å². The molecule has 1 aliphatic heterocycles. The molecule has 1 unspecified atom stereocenters. The second-order valence-electron chi connectivity index (χ2n) is 3.36. The predicted octanol–water partition coefficient (Wildman–Crippen LogP) is 1.26. The molecule has 1 aliphatic rings. The van der Waals surface area contributed by atoms with Gasteiger partial charge in [-0.25, -0.2) is 0 Å². The minimum Gasteiger partial charge on any atom is -0.340 e. The highest BCUT2D eigenvalue weighted by Crippen LogP contribution is 2.21. The molecule has 1 saturated heterocycles. The van der Waals surface area contributed by atoms with Gasteiger partial charge in [-0.15, -0.1) is 0 Å².